The Bertz CT molecular complexity index is 484. The quantitative estimate of drug-likeness (QED) is 0.834. The second-order valence-electron chi connectivity index (χ2n) is 5.76. The third-order valence-electron chi connectivity index (χ3n) is 3.87. The SMILES string of the molecule is CCCOc1nc(Cl)nc(NC2CC(OCC)C2(C)C)n1. The summed E-state index contributed by atoms with van der Waals surface area (Å²) in [5, 5.41) is 3.44. The number of hydrogen-bond donors (Lipinski definition) is 1. The monoisotopic (exact) mass is 314 g/mol. The maximum Gasteiger partial charge on any atom is 0.322 e. The molecular weight excluding hydrogens is 292 g/mol. The minimum Gasteiger partial charge on any atom is -0.463 e. The van der Waals surface area contributed by atoms with Crippen molar-refractivity contribution in [3.63, 3.8) is 0 Å². The molecule has 2 unspecified atom stereocenters. The summed E-state index contributed by atoms with van der Waals surface area (Å²) in [6.45, 7) is 9.67. The summed E-state index contributed by atoms with van der Waals surface area (Å²) in [5.41, 5.74) is 0.0273. The van der Waals surface area contributed by atoms with E-state index in [9.17, 15) is 0 Å². The number of halogens is 1. The molecule has 0 radical (unpaired) electrons. The van der Waals surface area contributed by atoms with Crippen molar-refractivity contribution in [2.45, 2.75) is 52.7 Å². The molecule has 1 aromatic heterocycles. The van der Waals surface area contributed by atoms with Crippen LogP contribution in [0, 0.1) is 5.41 Å². The Morgan fingerprint density at radius 2 is 2.05 bits per heavy atom. The molecule has 6 nitrogen and oxygen atoms in total. The van der Waals surface area contributed by atoms with E-state index in [2.05, 4.69) is 34.1 Å². The number of anilines is 1. The fourth-order valence-corrected chi connectivity index (χ4v) is 2.58. The van der Waals surface area contributed by atoms with E-state index in [1.807, 2.05) is 13.8 Å². The Balaban J connectivity index is 2.02. The van der Waals surface area contributed by atoms with Gasteiger partial charge in [0.05, 0.1) is 12.7 Å². The second kappa shape index (κ2) is 6.75. The highest BCUT2D eigenvalue weighted by Crippen LogP contribution is 2.44. The van der Waals surface area contributed by atoms with Crippen LogP contribution in [0.25, 0.3) is 0 Å². The van der Waals surface area contributed by atoms with E-state index in [1.54, 1.807) is 0 Å². The van der Waals surface area contributed by atoms with Gasteiger partial charge in [0.2, 0.25) is 11.2 Å². The molecule has 1 fully saturated rings. The lowest BCUT2D eigenvalue weighted by Gasteiger charge is -2.51. The van der Waals surface area contributed by atoms with E-state index >= 15 is 0 Å². The van der Waals surface area contributed by atoms with Crippen LogP contribution >= 0.6 is 11.6 Å². The van der Waals surface area contributed by atoms with Crippen molar-refractivity contribution in [2.75, 3.05) is 18.5 Å². The van der Waals surface area contributed by atoms with Crippen molar-refractivity contribution in [3.8, 4) is 6.01 Å². The van der Waals surface area contributed by atoms with Gasteiger partial charge in [-0.25, -0.2) is 0 Å². The highest BCUT2D eigenvalue weighted by molar-refractivity contribution is 6.28. The molecule has 0 amide bonds. The van der Waals surface area contributed by atoms with Crippen LogP contribution < -0.4 is 10.1 Å². The van der Waals surface area contributed by atoms with Gasteiger partial charge in [0, 0.05) is 18.1 Å². The number of aromatic nitrogens is 3. The molecule has 0 saturated heterocycles. The topological polar surface area (TPSA) is 69.2 Å². The maximum atomic E-state index is 5.92. The standard InChI is InChI=1S/C14H23ClN4O2/c1-5-7-21-13-18-11(15)17-12(19-13)16-9-8-10(20-6-2)14(9,3)4/h9-10H,5-8H2,1-4H3,(H,16,17,18,19). The number of nitrogens with zero attached hydrogens (tertiary/aromatic N) is 3. The van der Waals surface area contributed by atoms with Gasteiger partial charge in [-0.15, -0.1) is 0 Å². The molecule has 21 heavy (non-hydrogen) atoms. The Hall–Kier alpha value is -1.14. The first-order chi connectivity index (χ1) is 9.97. The molecule has 118 valence electrons. The van der Waals surface area contributed by atoms with E-state index in [1.165, 1.54) is 0 Å². The first-order valence-corrected chi connectivity index (χ1v) is 7.77. The van der Waals surface area contributed by atoms with Gasteiger partial charge >= 0.3 is 6.01 Å². The van der Waals surface area contributed by atoms with E-state index in [4.69, 9.17) is 21.1 Å². The molecule has 1 N–H and O–H groups in total. The van der Waals surface area contributed by atoms with Gasteiger partial charge in [0.25, 0.3) is 0 Å². The molecule has 0 bridgehead atoms. The summed E-state index contributed by atoms with van der Waals surface area (Å²) in [6.07, 6.45) is 2.07. The average molecular weight is 315 g/mol. The first-order valence-electron chi connectivity index (χ1n) is 7.39. The zero-order valence-electron chi connectivity index (χ0n) is 13.0. The van der Waals surface area contributed by atoms with Gasteiger partial charge in [0.15, 0.2) is 0 Å². The van der Waals surface area contributed by atoms with Crippen LogP contribution in [-0.2, 0) is 4.74 Å². The summed E-state index contributed by atoms with van der Waals surface area (Å²) >= 11 is 5.92. The lowest BCUT2D eigenvalue weighted by Crippen LogP contribution is -2.58. The van der Waals surface area contributed by atoms with E-state index in [0.717, 1.165) is 19.4 Å². The van der Waals surface area contributed by atoms with Crippen LogP contribution in [0.2, 0.25) is 5.28 Å². The summed E-state index contributed by atoms with van der Waals surface area (Å²) in [5.74, 6) is 0.453. The predicted octanol–water partition coefficient (Wildman–Crippen LogP) is 2.93. The summed E-state index contributed by atoms with van der Waals surface area (Å²) in [7, 11) is 0. The van der Waals surface area contributed by atoms with Crippen molar-refractivity contribution in [1.82, 2.24) is 15.0 Å². The van der Waals surface area contributed by atoms with Crippen molar-refractivity contribution < 1.29 is 9.47 Å². The smallest absolute Gasteiger partial charge is 0.322 e. The molecule has 7 heteroatoms. The molecule has 2 atom stereocenters. The number of rotatable bonds is 7. The summed E-state index contributed by atoms with van der Waals surface area (Å²) < 4.78 is 11.1. The van der Waals surface area contributed by atoms with Gasteiger partial charge in [-0.2, -0.15) is 15.0 Å². The van der Waals surface area contributed by atoms with E-state index in [0.29, 0.717) is 12.6 Å². The van der Waals surface area contributed by atoms with Crippen molar-refractivity contribution >= 4 is 17.5 Å². The minimum absolute atomic E-state index is 0.0273. The molecule has 1 saturated carbocycles. The van der Waals surface area contributed by atoms with Crippen molar-refractivity contribution in [2.24, 2.45) is 5.41 Å². The molecule has 0 spiro atoms. The Morgan fingerprint density at radius 1 is 1.29 bits per heavy atom. The summed E-state index contributed by atoms with van der Waals surface area (Å²) in [4.78, 5) is 12.3. The minimum atomic E-state index is 0.0273. The van der Waals surface area contributed by atoms with Crippen LogP contribution in [0.5, 0.6) is 6.01 Å². The Labute approximate surface area is 130 Å². The third kappa shape index (κ3) is 3.74. The molecule has 2 rings (SSSR count). The fourth-order valence-electron chi connectivity index (χ4n) is 2.42. The molecular formula is C14H23ClN4O2. The lowest BCUT2D eigenvalue weighted by atomic mass is 9.64. The first kappa shape index (κ1) is 16.2. The Morgan fingerprint density at radius 3 is 2.67 bits per heavy atom. The number of hydrogen-bond acceptors (Lipinski definition) is 6. The normalized spacial score (nSPS) is 23.5. The second-order valence-corrected chi connectivity index (χ2v) is 6.10. The highest BCUT2D eigenvalue weighted by Gasteiger charge is 2.49. The molecule has 1 aromatic rings. The zero-order chi connectivity index (χ0) is 15.5. The molecule has 1 heterocycles. The molecule has 1 aliphatic carbocycles. The summed E-state index contributed by atoms with van der Waals surface area (Å²) in [6, 6.07) is 0.504. The predicted molar refractivity (Wildman–Crippen MR) is 81.8 cm³/mol. The van der Waals surface area contributed by atoms with Crippen LogP contribution in [-0.4, -0.2) is 40.3 Å². The van der Waals surface area contributed by atoms with Gasteiger partial charge in [0.1, 0.15) is 0 Å². The number of nitrogens with one attached hydrogen (secondary N) is 1. The Kier molecular flexibility index (Phi) is 5.22. The van der Waals surface area contributed by atoms with Gasteiger partial charge < -0.3 is 14.8 Å². The van der Waals surface area contributed by atoms with Crippen LogP contribution in [0.15, 0.2) is 0 Å². The van der Waals surface area contributed by atoms with Crippen LogP contribution in [0.4, 0.5) is 5.95 Å². The molecule has 0 aromatic carbocycles. The highest BCUT2D eigenvalue weighted by atomic mass is 35.5. The zero-order valence-corrected chi connectivity index (χ0v) is 13.8. The third-order valence-corrected chi connectivity index (χ3v) is 4.04. The van der Waals surface area contributed by atoms with Gasteiger partial charge in [-0.1, -0.05) is 20.8 Å². The van der Waals surface area contributed by atoms with Gasteiger partial charge in [-0.3, -0.25) is 0 Å². The molecule has 1 aliphatic rings. The van der Waals surface area contributed by atoms with E-state index < -0.39 is 0 Å². The van der Waals surface area contributed by atoms with Crippen LogP contribution in [0.1, 0.15) is 40.5 Å². The average Bonchev–Trinajstić information content (AvgIpc) is 2.43. The van der Waals surface area contributed by atoms with Gasteiger partial charge in [-0.05, 0) is 31.4 Å². The van der Waals surface area contributed by atoms with Crippen molar-refractivity contribution in [1.29, 1.82) is 0 Å². The van der Waals surface area contributed by atoms with Crippen LogP contribution in [0.3, 0.4) is 0 Å². The van der Waals surface area contributed by atoms with Crippen molar-refractivity contribution in [3.05, 3.63) is 5.28 Å². The molecule has 0 aliphatic heterocycles. The lowest BCUT2D eigenvalue weighted by molar-refractivity contribution is -0.0977. The number of ether oxygens (including phenoxy) is 2. The maximum absolute atomic E-state index is 5.92. The van der Waals surface area contributed by atoms with E-state index in [-0.39, 0.29) is 28.9 Å². The largest absolute Gasteiger partial charge is 0.463 e. The fraction of sp³-hybridized carbons (Fsp3) is 0.786.